The Morgan fingerprint density at radius 2 is 2.00 bits per heavy atom. The Balaban J connectivity index is 1.30. The van der Waals surface area contributed by atoms with E-state index in [1.807, 2.05) is 4.90 Å². The zero-order valence-electron chi connectivity index (χ0n) is 20.7. The van der Waals surface area contributed by atoms with E-state index in [2.05, 4.69) is 14.3 Å². The first-order valence-corrected chi connectivity index (χ1v) is 13.0. The van der Waals surface area contributed by atoms with Crippen LogP contribution < -0.4 is 15.1 Å². The first kappa shape index (κ1) is 24.2. The molecule has 1 saturated carbocycles. The number of nitrogens with zero attached hydrogens (tertiary/aromatic N) is 6. The van der Waals surface area contributed by atoms with Crippen molar-refractivity contribution in [1.29, 1.82) is 0 Å². The van der Waals surface area contributed by atoms with Gasteiger partial charge in [-0.05, 0) is 43.5 Å². The highest BCUT2D eigenvalue weighted by atomic mass is 32.1. The van der Waals surface area contributed by atoms with Gasteiger partial charge in [-0.15, -0.1) is 0 Å². The fourth-order valence-corrected chi connectivity index (χ4v) is 5.32. The van der Waals surface area contributed by atoms with Gasteiger partial charge in [0.1, 0.15) is 28.7 Å². The van der Waals surface area contributed by atoms with Gasteiger partial charge in [0, 0.05) is 48.9 Å². The minimum absolute atomic E-state index is 0.0981. The molecule has 0 spiro atoms. The zero-order chi connectivity index (χ0) is 26.6. The molecule has 11 nitrogen and oxygen atoms in total. The lowest BCUT2D eigenvalue weighted by Crippen LogP contribution is -2.51. The minimum atomic E-state index is -1.31. The molecule has 0 atom stereocenters. The Hall–Kier alpha value is -4.19. The van der Waals surface area contributed by atoms with Crippen LogP contribution in [0.4, 0.5) is 5.82 Å². The number of Topliss-reactive ketones (excluding diaryl/α,β-unsaturated/α-hetero) is 1. The SMILES string of the molecule is COc1ccc(CC(=O)C2CN(c3cc(C)c4c(=O)c(C(=O)O)cn(-c5nc(C6CC6)ns5)c4n3)C2)nc1. The molecule has 1 aliphatic heterocycles. The molecule has 1 aliphatic carbocycles. The van der Waals surface area contributed by atoms with Gasteiger partial charge in [-0.2, -0.15) is 4.37 Å². The van der Waals surface area contributed by atoms with Gasteiger partial charge in [0.25, 0.3) is 0 Å². The van der Waals surface area contributed by atoms with Crippen LogP contribution in [0.1, 0.15) is 46.2 Å². The van der Waals surface area contributed by atoms with Crippen molar-refractivity contribution in [2.45, 2.75) is 32.1 Å². The summed E-state index contributed by atoms with van der Waals surface area (Å²) in [6.45, 7) is 2.75. The lowest BCUT2D eigenvalue weighted by molar-refractivity contribution is -0.123. The molecule has 2 fully saturated rings. The third-order valence-electron chi connectivity index (χ3n) is 7.00. The average Bonchev–Trinajstić information content (AvgIpc) is 3.60. The van der Waals surface area contributed by atoms with Crippen LogP contribution in [0.25, 0.3) is 16.2 Å². The topological polar surface area (TPSA) is 140 Å². The minimum Gasteiger partial charge on any atom is -0.495 e. The second-order valence-electron chi connectivity index (χ2n) is 9.69. The monoisotopic (exact) mass is 532 g/mol. The van der Waals surface area contributed by atoms with E-state index in [1.165, 1.54) is 6.20 Å². The number of ether oxygens (including phenoxy) is 1. The summed E-state index contributed by atoms with van der Waals surface area (Å²) in [4.78, 5) is 53.4. The number of pyridine rings is 3. The highest BCUT2D eigenvalue weighted by Crippen LogP contribution is 2.39. The van der Waals surface area contributed by atoms with E-state index in [9.17, 15) is 19.5 Å². The number of hydrogen-bond acceptors (Lipinski definition) is 10. The summed E-state index contributed by atoms with van der Waals surface area (Å²) in [7, 11) is 1.57. The zero-order valence-corrected chi connectivity index (χ0v) is 21.6. The molecular formula is C26H24N6O5S. The van der Waals surface area contributed by atoms with Gasteiger partial charge in [-0.1, -0.05) is 0 Å². The summed E-state index contributed by atoms with van der Waals surface area (Å²) in [5, 5.41) is 10.4. The van der Waals surface area contributed by atoms with Crippen molar-refractivity contribution >= 4 is 40.1 Å². The molecule has 194 valence electrons. The molecular weight excluding hydrogens is 508 g/mol. The van der Waals surface area contributed by atoms with Crippen molar-refractivity contribution in [3.05, 3.63) is 63.5 Å². The third kappa shape index (κ3) is 4.30. The Kier molecular flexibility index (Phi) is 5.90. The van der Waals surface area contributed by atoms with E-state index >= 15 is 0 Å². The second-order valence-corrected chi connectivity index (χ2v) is 10.4. The van der Waals surface area contributed by atoms with E-state index in [4.69, 9.17) is 9.72 Å². The van der Waals surface area contributed by atoms with Crippen LogP contribution in [0.2, 0.25) is 0 Å². The number of ketones is 1. The van der Waals surface area contributed by atoms with E-state index < -0.39 is 11.4 Å². The number of carbonyl (C=O) groups excluding carboxylic acids is 1. The summed E-state index contributed by atoms with van der Waals surface area (Å²) in [5.41, 5.74) is 0.687. The van der Waals surface area contributed by atoms with Crippen LogP contribution in [0, 0.1) is 12.8 Å². The smallest absolute Gasteiger partial charge is 0.341 e. The van der Waals surface area contributed by atoms with Gasteiger partial charge >= 0.3 is 5.97 Å². The number of fused-ring (bicyclic) bond motifs is 1. The van der Waals surface area contributed by atoms with Crippen LogP contribution in [0.3, 0.4) is 0 Å². The van der Waals surface area contributed by atoms with Crippen molar-refractivity contribution in [3.63, 3.8) is 0 Å². The number of carboxylic acid groups (broad SMARTS) is 1. The Bertz CT molecular complexity index is 1640. The fourth-order valence-electron chi connectivity index (χ4n) is 4.60. The average molecular weight is 533 g/mol. The van der Waals surface area contributed by atoms with Gasteiger partial charge in [0.05, 0.1) is 24.6 Å². The maximum atomic E-state index is 13.1. The number of hydrogen-bond donors (Lipinski definition) is 1. The summed E-state index contributed by atoms with van der Waals surface area (Å²) in [6.07, 6.45) is 5.19. The summed E-state index contributed by atoms with van der Waals surface area (Å²) >= 11 is 1.15. The molecule has 1 N–H and O–H groups in total. The number of aromatic carboxylic acids is 1. The predicted molar refractivity (Wildman–Crippen MR) is 140 cm³/mol. The lowest BCUT2D eigenvalue weighted by Gasteiger charge is -2.39. The first-order chi connectivity index (χ1) is 18.3. The van der Waals surface area contributed by atoms with Crippen molar-refractivity contribution in [2.75, 3.05) is 25.1 Å². The van der Waals surface area contributed by atoms with E-state index in [1.54, 1.807) is 43.0 Å². The predicted octanol–water partition coefficient (Wildman–Crippen LogP) is 2.77. The quantitative estimate of drug-likeness (QED) is 0.360. The molecule has 0 radical (unpaired) electrons. The van der Waals surface area contributed by atoms with Gasteiger partial charge in [0.2, 0.25) is 10.6 Å². The standard InChI is InChI=1S/C26H24N6O5S/c1-13-7-20(31-10-15(11-31)19(33)8-16-5-6-17(37-2)9-27-16)28-24-21(13)22(34)18(25(35)36)12-32(24)26-29-23(30-38-26)14-3-4-14/h5-7,9,12,14-15H,3-4,8,10-11H2,1-2H3,(H,35,36). The molecule has 38 heavy (non-hydrogen) atoms. The van der Waals surface area contributed by atoms with Crippen molar-refractivity contribution in [3.8, 4) is 10.9 Å². The summed E-state index contributed by atoms with van der Waals surface area (Å²) in [6, 6.07) is 5.33. The normalized spacial score (nSPS) is 15.5. The summed E-state index contributed by atoms with van der Waals surface area (Å²) < 4.78 is 11.1. The highest BCUT2D eigenvalue weighted by molar-refractivity contribution is 7.08. The third-order valence-corrected chi connectivity index (χ3v) is 7.73. The summed E-state index contributed by atoms with van der Waals surface area (Å²) in [5.74, 6) is 0.954. The maximum absolute atomic E-state index is 13.1. The number of carbonyl (C=O) groups is 2. The van der Waals surface area contributed by atoms with Crippen LogP contribution in [-0.2, 0) is 11.2 Å². The maximum Gasteiger partial charge on any atom is 0.341 e. The molecule has 6 rings (SSSR count). The molecule has 1 saturated heterocycles. The Labute approximate surface area is 220 Å². The first-order valence-electron chi connectivity index (χ1n) is 12.2. The number of aryl methyl sites for hydroxylation is 1. The van der Waals surface area contributed by atoms with Crippen molar-refractivity contribution in [2.24, 2.45) is 5.92 Å². The van der Waals surface area contributed by atoms with Gasteiger partial charge in [-0.3, -0.25) is 19.1 Å². The number of carboxylic acids is 1. The van der Waals surface area contributed by atoms with Gasteiger partial charge < -0.3 is 14.7 Å². The second kappa shape index (κ2) is 9.28. The Morgan fingerprint density at radius 1 is 1.21 bits per heavy atom. The van der Waals surface area contributed by atoms with E-state index in [-0.39, 0.29) is 29.1 Å². The molecule has 5 heterocycles. The van der Waals surface area contributed by atoms with Crippen LogP contribution in [0.5, 0.6) is 5.75 Å². The molecule has 12 heteroatoms. The molecule has 0 bridgehead atoms. The van der Waals surface area contributed by atoms with Crippen LogP contribution in [-0.4, -0.2) is 61.0 Å². The number of methoxy groups -OCH3 is 1. The highest BCUT2D eigenvalue weighted by Gasteiger charge is 2.34. The fraction of sp³-hybridized carbons (Fsp3) is 0.346. The van der Waals surface area contributed by atoms with Crippen LogP contribution >= 0.6 is 11.5 Å². The molecule has 2 aliphatic rings. The van der Waals surface area contributed by atoms with E-state index in [0.717, 1.165) is 30.2 Å². The molecule has 4 aromatic heterocycles. The van der Waals surface area contributed by atoms with Gasteiger partial charge in [-0.25, -0.2) is 14.8 Å². The molecule has 4 aromatic rings. The number of rotatable bonds is 8. The van der Waals surface area contributed by atoms with Crippen molar-refractivity contribution in [1.82, 2.24) is 23.9 Å². The number of anilines is 1. The lowest BCUT2D eigenvalue weighted by atomic mass is 9.92. The van der Waals surface area contributed by atoms with Crippen LogP contribution in [0.15, 0.2) is 35.4 Å². The van der Waals surface area contributed by atoms with Gasteiger partial charge in [0.15, 0.2) is 5.65 Å². The number of aromatic nitrogens is 5. The Morgan fingerprint density at radius 3 is 2.66 bits per heavy atom. The largest absolute Gasteiger partial charge is 0.495 e. The molecule has 0 amide bonds. The van der Waals surface area contributed by atoms with Crippen molar-refractivity contribution < 1.29 is 19.4 Å². The van der Waals surface area contributed by atoms with E-state index in [0.29, 0.717) is 52.6 Å². The molecule has 0 unspecified atom stereocenters. The molecule has 0 aromatic carbocycles.